The molecule has 0 bridgehead atoms. The lowest BCUT2D eigenvalue weighted by Crippen LogP contribution is -2.21. The molecule has 2 heterocycles. The van der Waals surface area contributed by atoms with Gasteiger partial charge in [-0.3, -0.25) is 5.32 Å². The zero-order valence-electron chi connectivity index (χ0n) is 20.0. The minimum Gasteiger partial charge on any atom is -0.448 e. The molecule has 39 heavy (non-hydrogen) atoms. The molecule has 4 rings (SSSR count). The van der Waals surface area contributed by atoms with Crippen LogP contribution in [0, 0.1) is 0 Å². The topological polar surface area (TPSA) is 142 Å². The lowest BCUT2D eigenvalue weighted by molar-refractivity contribution is -0.137. The number of azo groups is 1. The number of ether oxygens (including phenoxy) is 1. The van der Waals surface area contributed by atoms with E-state index in [2.05, 4.69) is 41.5 Å². The molecule has 2 aromatic carbocycles. The summed E-state index contributed by atoms with van der Waals surface area (Å²) in [4.78, 5) is 32.5. The fourth-order valence-corrected chi connectivity index (χ4v) is 3.64. The molecule has 0 aliphatic carbocycles. The van der Waals surface area contributed by atoms with Crippen molar-refractivity contribution in [1.29, 1.82) is 0 Å². The number of urea groups is 1. The van der Waals surface area contributed by atoms with E-state index in [4.69, 9.17) is 16.3 Å². The molecule has 1 aliphatic heterocycles. The van der Waals surface area contributed by atoms with Crippen LogP contribution in [-0.2, 0) is 10.9 Å². The maximum absolute atomic E-state index is 13.0. The molecule has 0 saturated carbocycles. The largest absolute Gasteiger partial charge is 0.448 e. The van der Waals surface area contributed by atoms with Gasteiger partial charge < -0.3 is 20.7 Å². The van der Waals surface area contributed by atoms with Crippen LogP contribution in [-0.4, -0.2) is 42.3 Å². The van der Waals surface area contributed by atoms with Crippen LogP contribution in [0.4, 0.5) is 45.6 Å². The third-order valence-electron chi connectivity index (χ3n) is 5.20. The van der Waals surface area contributed by atoms with Crippen LogP contribution in [0.25, 0.3) is 0 Å². The van der Waals surface area contributed by atoms with E-state index in [1.165, 1.54) is 12.4 Å². The quantitative estimate of drug-likeness (QED) is 0.245. The van der Waals surface area contributed by atoms with Gasteiger partial charge in [-0.1, -0.05) is 23.7 Å². The summed E-state index contributed by atoms with van der Waals surface area (Å²) in [5, 5.41) is 18.1. The van der Waals surface area contributed by atoms with E-state index >= 15 is 0 Å². The summed E-state index contributed by atoms with van der Waals surface area (Å²) in [5.41, 5.74) is 0.694. The Morgan fingerprint density at radius 3 is 2.41 bits per heavy atom. The molecule has 3 amide bonds. The number of fused-ring (bicyclic) bond motifs is 1. The van der Waals surface area contributed by atoms with Crippen molar-refractivity contribution < 1.29 is 27.5 Å². The van der Waals surface area contributed by atoms with Crippen molar-refractivity contribution in [2.24, 2.45) is 10.2 Å². The van der Waals surface area contributed by atoms with Crippen LogP contribution in [0.5, 0.6) is 0 Å². The average molecular weight is 585 g/mol. The predicted molar refractivity (Wildman–Crippen MR) is 140 cm³/mol. The fraction of sp³-hybridized carbons (Fsp3) is 0.217. The van der Waals surface area contributed by atoms with E-state index in [1.54, 1.807) is 31.3 Å². The molecule has 3 aromatic rings. The second kappa shape index (κ2) is 12.7. The summed E-state index contributed by atoms with van der Waals surface area (Å²) in [5.74, 6) is 0.154. The molecule has 1 unspecified atom stereocenters. The van der Waals surface area contributed by atoms with Crippen molar-refractivity contribution in [2.75, 3.05) is 36.1 Å². The van der Waals surface area contributed by atoms with E-state index in [0.717, 1.165) is 12.1 Å². The first kappa shape index (κ1) is 29.5. The number of halogens is 5. The van der Waals surface area contributed by atoms with Gasteiger partial charge in [-0.05, 0) is 42.9 Å². The molecule has 11 nitrogen and oxygen atoms in total. The first-order chi connectivity index (χ1) is 18.2. The smallest absolute Gasteiger partial charge is 0.417 e. The summed E-state index contributed by atoms with van der Waals surface area (Å²) in [6, 6.07) is 8.28. The van der Waals surface area contributed by atoms with Crippen molar-refractivity contribution >= 4 is 59.0 Å². The van der Waals surface area contributed by atoms with Gasteiger partial charge in [-0.15, -0.1) is 17.5 Å². The fourth-order valence-electron chi connectivity index (χ4n) is 3.42. The van der Waals surface area contributed by atoms with Crippen molar-refractivity contribution in [3.63, 3.8) is 0 Å². The zero-order valence-corrected chi connectivity index (χ0v) is 21.6. The maximum atomic E-state index is 13.0. The normalized spacial score (nSPS) is 13.7. The molecule has 206 valence electrons. The highest BCUT2D eigenvalue weighted by Crippen LogP contribution is 2.42. The number of anilines is 3. The number of rotatable bonds is 7. The average Bonchev–Trinajstić information content (AvgIpc) is 3.30. The summed E-state index contributed by atoms with van der Waals surface area (Å²) in [6.45, 7) is 0.663. The van der Waals surface area contributed by atoms with Gasteiger partial charge in [0.1, 0.15) is 24.7 Å². The van der Waals surface area contributed by atoms with Gasteiger partial charge >= 0.3 is 18.3 Å². The van der Waals surface area contributed by atoms with Crippen LogP contribution in [0.2, 0.25) is 5.02 Å². The number of nitrogens with one attached hydrogen (secondary N) is 4. The van der Waals surface area contributed by atoms with E-state index in [9.17, 15) is 22.8 Å². The van der Waals surface area contributed by atoms with Crippen LogP contribution in [0.1, 0.15) is 22.9 Å². The number of carbonyl (C=O) groups excluding carboxylic acids is 2. The molecule has 16 heteroatoms. The van der Waals surface area contributed by atoms with Crippen molar-refractivity contribution in [3.8, 4) is 0 Å². The second-order valence-corrected chi connectivity index (χ2v) is 8.24. The summed E-state index contributed by atoms with van der Waals surface area (Å²) >= 11 is 5.60. The summed E-state index contributed by atoms with van der Waals surface area (Å²) < 4.78 is 44.2. The molecule has 0 fully saturated rings. The third-order valence-corrected chi connectivity index (χ3v) is 5.53. The summed E-state index contributed by atoms with van der Waals surface area (Å²) in [6.07, 6.45) is -4.08. The number of hydrogen-bond acceptors (Lipinski definition) is 8. The van der Waals surface area contributed by atoms with Crippen molar-refractivity contribution in [2.45, 2.75) is 12.2 Å². The van der Waals surface area contributed by atoms with Crippen LogP contribution in [0.3, 0.4) is 0 Å². The minimum absolute atomic E-state index is 0. The lowest BCUT2D eigenvalue weighted by atomic mass is 10.0. The zero-order chi connectivity index (χ0) is 27.3. The second-order valence-electron chi connectivity index (χ2n) is 7.83. The van der Waals surface area contributed by atoms with E-state index < -0.39 is 34.9 Å². The van der Waals surface area contributed by atoms with Crippen molar-refractivity contribution in [3.05, 3.63) is 70.6 Å². The highest BCUT2D eigenvalue weighted by atomic mass is 35.5. The Morgan fingerprint density at radius 2 is 1.72 bits per heavy atom. The van der Waals surface area contributed by atoms with Gasteiger partial charge in [0, 0.05) is 17.9 Å². The van der Waals surface area contributed by atoms with Gasteiger partial charge in [0.15, 0.2) is 11.5 Å². The van der Waals surface area contributed by atoms with Gasteiger partial charge in [0.05, 0.1) is 10.6 Å². The Hall–Kier alpha value is -4.01. The highest BCUT2D eigenvalue weighted by molar-refractivity contribution is 6.31. The third kappa shape index (κ3) is 7.31. The Labute approximate surface area is 231 Å². The first-order valence-corrected chi connectivity index (χ1v) is 11.4. The van der Waals surface area contributed by atoms with Crippen LogP contribution >= 0.6 is 24.0 Å². The van der Waals surface area contributed by atoms with Crippen LogP contribution in [0.15, 0.2) is 59.0 Å². The van der Waals surface area contributed by atoms with Crippen LogP contribution < -0.4 is 21.3 Å². The number of alkyl halides is 3. The van der Waals surface area contributed by atoms with Gasteiger partial charge in [-0.2, -0.15) is 18.3 Å². The number of amides is 3. The van der Waals surface area contributed by atoms with Crippen molar-refractivity contribution in [1.82, 2.24) is 15.3 Å². The predicted octanol–water partition coefficient (Wildman–Crippen LogP) is 6.17. The summed E-state index contributed by atoms with van der Waals surface area (Å²) in [7, 11) is 1.73. The molecule has 0 saturated heterocycles. The molecule has 0 spiro atoms. The number of benzene rings is 2. The number of hydrogen-bond donors (Lipinski definition) is 4. The Balaban J connectivity index is 0.00000420. The number of carbonyl (C=O) groups is 2. The van der Waals surface area contributed by atoms with E-state index in [1.807, 2.05) is 0 Å². The number of aromatic nitrogens is 2. The molecule has 1 atom stereocenters. The molecule has 4 N–H and O–H groups in total. The Morgan fingerprint density at radius 1 is 1.03 bits per heavy atom. The highest BCUT2D eigenvalue weighted by Gasteiger charge is 2.33. The maximum Gasteiger partial charge on any atom is 0.417 e. The molecular weight excluding hydrogens is 564 g/mol. The lowest BCUT2D eigenvalue weighted by Gasteiger charge is -2.13. The van der Waals surface area contributed by atoms with Gasteiger partial charge in [-0.25, -0.2) is 19.6 Å². The van der Waals surface area contributed by atoms with E-state index in [0.29, 0.717) is 29.2 Å². The Bertz CT molecular complexity index is 1370. The molecule has 0 radical (unpaired) electrons. The molecular formula is C23H21Cl2F3N8O3. The van der Waals surface area contributed by atoms with Gasteiger partial charge in [0.25, 0.3) is 0 Å². The minimum atomic E-state index is -4.66. The number of likely N-dealkylation sites (N-methyl/N-ethyl adjacent to an activating group) is 1. The van der Waals surface area contributed by atoms with E-state index in [-0.39, 0.29) is 30.5 Å². The molecule has 1 aromatic heterocycles. The SMILES string of the molecule is CNCCOC(=O)Nc1ncnc2c1N=NC2c1ccc(NC(=O)Nc2ccc(Cl)c(C(F)(F)F)c2)cc1.Cl. The Kier molecular flexibility index (Phi) is 9.61. The molecule has 1 aliphatic rings. The van der Waals surface area contributed by atoms with Gasteiger partial charge in [0.2, 0.25) is 0 Å². The number of nitrogens with zero attached hydrogens (tertiary/aromatic N) is 4. The standard InChI is InChI=1S/C23H20ClF3N8O3.ClH/c1-28-8-9-38-22(37)33-20-19-18(29-11-30-20)17(34-35-19)12-2-4-13(5-3-12)31-21(36)32-14-6-7-16(24)15(10-14)23(25,26)27;/h2-7,10-11,17,28H,8-9H2,1H3,(H2,31,32,36)(H,29,30,33,37);1H. The first-order valence-electron chi connectivity index (χ1n) is 11.0. The monoisotopic (exact) mass is 584 g/mol.